The predicted molar refractivity (Wildman–Crippen MR) is 113 cm³/mol. The Morgan fingerprint density at radius 1 is 1.32 bits per heavy atom. The van der Waals surface area contributed by atoms with Crippen molar-refractivity contribution in [2.24, 2.45) is 0 Å². The summed E-state index contributed by atoms with van der Waals surface area (Å²) in [6, 6.07) is 4.13. The van der Waals surface area contributed by atoms with Gasteiger partial charge in [0.05, 0.1) is 16.3 Å². The van der Waals surface area contributed by atoms with Crippen LogP contribution in [-0.4, -0.2) is 37.9 Å². The molecule has 1 atom stereocenters. The average molecular weight is 503 g/mol. The van der Waals surface area contributed by atoms with Gasteiger partial charge >= 0.3 is 11.9 Å². The molecular formula is C21H16ClF5N4O3. The average Bonchev–Trinajstić information content (AvgIpc) is 3.10. The number of carbonyl (C=O) groups excluding carboxylic acids is 1. The summed E-state index contributed by atoms with van der Waals surface area (Å²) in [4.78, 5) is 27.6. The zero-order valence-electron chi connectivity index (χ0n) is 17.6. The number of hydrogen-bond acceptors (Lipinski definition) is 5. The molecule has 0 saturated carbocycles. The Morgan fingerprint density at radius 3 is 2.59 bits per heavy atom. The molecule has 13 heteroatoms. The van der Waals surface area contributed by atoms with Gasteiger partial charge in [-0.25, -0.2) is 13.6 Å². The Balaban J connectivity index is 2.22. The van der Waals surface area contributed by atoms with E-state index in [2.05, 4.69) is 10.1 Å². The van der Waals surface area contributed by atoms with E-state index < -0.39 is 46.6 Å². The molecule has 0 amide bonds. The standard InChI is InChI=1S/C21H16ClF5N4O3/c1-3-30-19(10-32)29-31(20(30)33)17-9-18(34-11(2)21(25,26)27)12(7-15(17)24)14(23)8-16-13(22)5-4-6-28-16/h4-11H,3H2,1-2H3/b14-8-/t11-/m0/s1. The number of benzene rings is 1. The van der Waals surface area contributed by atoms with Gasteiger partial charge in [-0.1, -0.05) is 11.6 Å². The van der Waals surface area contributed by atoms with Crippen LogP contribution in [0.1, 0.15) is 35.7 Å². The number of nitrogens with zero attached hydrogens (tertiary/aromatic N) is 4. The first-order chi connectivity index (χ1) is 16.0. The third-order valence-corrected chi connectivity index (χ3v) is 4.98. The lowest BCUT2D eigenvalue weighted by atomic mass is 10.1. The van der Waals surface area contributed by atoms with Crippen molar-refractivity contribution in [3.63, 3.8) is 0 Å². The second kappa shape index (κ2) is 9.75. The van der Waals surface area contributed by atoms with Crippen LogP contribution in [0.5, 0.6) is 5.75 Å². The Labute approximate surface area is 194 Å². The first-order valence-corrected chi connectivity index (χ1v) is 10.1. The second-order valence-corrected chi connectivity index (χ2v) is 7.29. The number of aromatic nitrogens is 4. The molecule has 3 rings (SSSR count). The molecule has 3 aromatic rings. The molecule has 0 aliphatic heterocycles. The van der Waals surface area contributed by atoms with Gasteiger partial charge in [0.15, 0.2) is 18.2 Å². The highest BCUT2D eigenvalue weighted by Gasteiger charge is 2.39. The SMILES string of the molecule is CCn1c(C=O)nn(-c2cc(O[C@@H](C)C(F)(F)F)c(/C(F)=C/c3ncccc3Cl)cc2F)c1=O. The van der Waals surface area contributed by atoms with Crippen molar-refractivity contribution >= 4 is 29.8 Å². The van der Waals surface area contributed by atoms with Gasteiger partial charge in [-0.15, -0.1) is 5.10 Å². The van der Waals surface area contributed by atoms with Crippen molar-refractivity contribution in [1.82, 2.24) is 19.3 Å². The Bertz CT molecular complexity index is 1320. The first kappa shape index (κ1) is 25.1. The molecule has 180 valence electrons. The van der Waals surface area contributed by atoms with Gasteiger partial charge in [-0.05, 0) is 32.0 Å². The quantitative estimate of drug-likeness (QED) is 0.341. The molecule has 34 heavy (non-hydrogen) atoms. The van der Waals surface area contributed by atoms with Crippen LogP contribution in [0.4, 0.5) is 22.0 Å². The van der Waals surface area contributed by atoms with Gasteiger partial charge in [0, 0.05) is 24.9 Å². The smallest absolute Gasteiger partial charge is 0.425 e. The van der Waals surface area contributed by atoms with Gasteiger partial charge in [0.25, 0.3) is 0 Å². The minimum atomic E-state index is -4.83. The molecule has 0 spiro atoms. The summed E-state index contributed by atoms with van der Waals surface area (Å²) >= 11 is 5.93. The first-order valence-electron chi connectivity index (χ1n) is 9.68. The fraction of sp³-hybridized carbons (Fsp3) is 0.238. The van der Waals surface area contributed by atoms with Crippen LogP contribution < -0.4 is 10.4 Å². The van der Waals surface area contributed by atoms with Gasteiger partial charge in [0.2, 0.25) is 0 Å². The van der Waals surface area contributed by atoms with Crippen LogP contribution in [0, 0.1) is 5.82 Å². The monoisotopic (exact) mass is 502 g/mol. The molecule has 0 bridgehead atoms. The Hall–Kier alpha value is -3.54. The molecule has 0 N–H and O–H groups in total. The fourth-order valence-corrected chi connectivity index (χ4v) is 3.08. The van der Waals surface area contributed by atoms with E-state index in [1.165, 1.54) is 25.3 Å². The lowest BCUT2D eigenvalue weighted by Gasteiger charge is -2.20. The minimum absolute atomic E-state index is 0.0171. The summed E-state index contributed by atoms with van der Waals surface area (Å²) in [5, 5.41) is 3.74. The van der Waals surface area contributed by atoms with Crippen LogP contribution in [0.2, 0.25) is 5.02 Å². The summed E-state index contributed by atoms with van der Waals surface area (Å²) in [6.07, 6.45) is -4.88. The molecule has 7 nitrogen and oxygen atoms in total. The number of aldehydes is 1. The highest BCUT2D eigenvalue weighted by molar-refractivity contribution is 6.32. The molecule has 0 unspecified atom stereocenters. The molecule has 0 fully saturated rings. The van der Waals surface area contributed by atoms with Crippen molar-refractivity contribution in [3.8, 4) is 11.4 Å². The highest BCUT2D eigenvalue weighted by Crippen LogP contribution is 2.35. The van der Waals surface area contributed by atoms with Gasteiger partial charge in [0.1, 0.15) is 23.1 Å². The zero-order chi connectivity index (χ0) is 25.2. The summed E-state index contributed by atoms with van der Waals surface area (Å²) in [5.74, 6) is -3.47. The van der Waals surface area contributed by atoms with Gasteiger partial charge in [-0.2, -0.15) is 17.9 Å². The topological polar surface area (TPSA) is 79.0 Å². The maximum atomic E-state index is 15.1. The third-order valence-electron chi connectivity index (χ3n) is 4.66. The molecule has 1 aromatic carbocycles. The van der Waals surface area contributed by atoms with E-state index in [0.717, 1.165) is 10.6 Å². The number of carbonyl (C=O) groups is 1. The Morgan fingerprint density at radius 2 is 2.03 bits per heavy atom. The highest BCUT2D eigenvalue weighted by atomic mass is 35.5. The van der Waals surface area contributed by atoms with E-state index in [0.29, 0.717) is 23.7 Å². The van der Waals surface area contributed by atoms with Crippen LogP contribution in [0.15, 0.2) is 35.3 Å². The van der Waals surface area contributed by atoms with E-state index in [1.54, 1.807) is 0 Å². The van der Waals surface area contributed by atoms with E-state index in [1.807, 2.05) is 0 Å². The largest absolute Gasteiger partial charge is 0.480 e. The summed E-state index contributed by atoms with van der Waals surface area (Å²) < 4.78 is 75.8. The number of hydrogen-bond donors (Lipinski definition) is 0. The number of ether oxygens (including phenoxy) is 1. The number of halogens is 6. The van der Waals surface area contributed by atoms with E-state index in [4.69, 9.17) is 16.3 Å². The number of rotatable bonds is 7. The third kappa shape index (κ3) is 5.01. The van der Waals surface area contributed by atoms with Crippen molar-refractivity contribution < 1.29 is 31.5 Å². The van der Waals surface area contributed by atoms with Gasteiger partial charge < -0.3 is 4.74 Å². The second-order valence-electron chi connectivity index (χ2n) is 6.88. The fourth-order valence-electron chi connectivity index (χ4n) is 2.90. The maximum Gasteiger partial charge on any atom is 0.425 e. The van der Waals surface area contributed by atoms with Gasteiger partial charge in [-0.3, -0.25) is 14.3 Å². The van der Waals surface area contributed by atoms with Crippen LogP contribution in [0.3, 0.4) is 0 Å². The van der Waals surface area contributed by atoms with E-state index in [9.17, 15) is 27.2 Å². The predicted octanol–water partition coefficient (Wildman–Crippen LogP) is 4.85. The normalized spacial score (nSPS) is 13.1. The Kier molecular flexibility index (Phi) is 7.20. The number of pyridine rings is 1. The molecule has 2 heterocycles. The summed E-state index contributed by atoms with van der Waals surface area (Å²) in [6.45, 7) is 2.22. The van der Waals surface area contributed by atoms with Crippen molar-refractivity contribution in [2.75, 3.05) is 0 Å². The van der Waals surface area contributed by atoms with Crippen LogP contribution >= 0.6 is 11.6 Å². The molecular weight excluding hydrogens is 487 g/mol. The zero-order valence-corrected chi connectivity index (χ0v) is 18.4. The maximum absolute atomic E-state index is 15.1. The van der Waals surface area contributed by atoms with Crippen LogP contribution in [0.25, 0.3) is 17.6 Å². The summed E-state index contributed by atoms with van der Waals surface area (Å²) in [7, 11) is 0. The molecule has 0 aliphatic rings. The lowest BCUT2D eigenvalue weighted by Crippen LogP contribution is -2.31. The van der Waals surface area contributed by atoms with Crippen molar-refractivity contribution in [3.05, 3.63) is 68.9 Å². The van der Waals surface area contributed by atoms with Crippen molar-refractivity contribution in [1.29, 1.82) is 0 Å². The van der Waals surface area contributed by atoms with Crippen molar-refractivity contribution in [2.45, 2.75) is 32.7 Å². The minimum Gasteiger partial charge on any atom is -0.480 e. The molecule has 2 aromatic heterocycles. The van der Waals surface area contributed by atoms with E-state index >= 15 is 4.39 Å². The molecule has 0 radical (unpaired) electrons. The molecule has 0 aliphatic carbocycles. The van der Waals surface area contributed by atoms with E-state index in [-0.39, 0.29) is 29.4 Å². The summed E-state index contributed by atoms with van der Waals surface area (Å²) in [5.41, 5.74) is -2.31. The number of alkyl halides is 3. The lowest BCUT2D eigenvalue weighted by molar-refractivity contribution is -0.189. The van der Waals surface area contributed by atoms with Crippen LogP contribution in [-0.2, 0) is 6.54 Å². The molecule has 0 saturated heterocycles.